The minimum Gasteiger partial charge on any atom is -0.481 e. The molecule has 71 heavy (non-hydrogen) atoms. The molecule has 360 valence electrons. The molecule has 0 saturated heterocycles. The van der Waals surface area contributed by atoms with Gasteiger partial charge in [0.05, 0.1) is 23.8 Å². The molecule has 6 aromatic rings. The van der Waals surface area contributed by atoms with Gasteiger partial charge in [0.2, 0.25) is 11.9 Å². The van der Waals surface area contributed by atoms with Gasteiger partial charge >= 0.3 is 46.9 Å². The number of terminal acetylenes is 2. The fraction of sp³-hybridized carbons (Fsp3) is 0.261. The Balaban J connectivity index is 0.000000304. The number of fused-ring (bicyclic) bond motifs is 2. The summed E-state index contributed by atoms with van der Waals surface area (Å²) in [7, 11) is 0. The normalized spacial score (nSPS) is 12.3. The number of aliphatic carboxylic acids is 4. The molecule has 4 aromatic heterocycles. The number of rotatable bonds is 20. The predicted octanol–water partition coefficient (Wildman–Crippen LogP) is 1.58. The van der Waals surface area contributed by atoms with Crippen LogP contribution in [0.5, 0.6) is 0 Å². The first-order chi connectivity index (χ1) is 33.3. The molecule has 14 N–H and O–H groups in total. The molecule has 25 heteroatoms. The van der Waals surface area contributed by atoms with E-state index in [-0.39, 0.29) is 107 Å². The van der Waals surface area contributed by atoms with Crippen LogP contribution in [0.25, 0.3) is 22.3 Å². The fourth-order valence-corrected chi connectivity index (χ4v) is 6.91. The molecule has 0 aliphatic heterocycles. The zero-order valence-corrected chi connectivity index (χ0v) is 39.1. The second-order valence-electron chi connectivity index (χ2n) is 15.5. The molecule has 4 atom stereocenters. The quantitative estimate of drug-likeness (QED) is 0.0383. The number of nitrogens with one attached hydrogen (secondary N) is 2. The molecule has 0 aliphatic carbocycles. The Bertz CT molecular complexity index is 2820. The number of aromatic nitrogens is 8. The van der Waals surface area contributed by atoms with Crippen molar-refractivity contribution in [2.24, 2.45) is 0 Å². The molecule has 0 saturated carbocycles. The van der Waals surface area contributed by atoms with E-state index < -0.39 is 47.8 Å². The van der Waals surface area contributed by atoms with Crippen LogP contribution in [-0.2, 0) is 32.0 Å². The molecule has 0 aliphatic rings. The third-order valence-electron chi connectivity index (χ3n) is 10.4. The molecule has 0 bridgehead atoms. The number of hydrogen-bond donors (Lipinski definition) is 10. The number of carbonyl (C=O) groups excluding carboxylic acids is 2. The number of carboxylic acids is 4. The summed E-state index contributed by atoms with van der Waals surface area (Å²) in [6, 6.07) is 10.4. The van der Waals surface area contributed by atoms with Crippen molar-refractivity contribution in [1.29, 1.82) is 0 Å². The molecule has 24 nitrogen and oxygen atoms in total. The first kappa shape index (κ1) is 54.8. The van der Waals surface area contributed by atoms with Crippen LogP contribution >= 0.6 is 0 Å². The minimum atomic E-state index is -1.31. The van der Waals surface area contributed by atoms with Crippen LogP contribution < -0.4 is 33.6 Å². The van der Waals surface area contributed by atoms with Crippen molar-refractivity contribution in [2.75, 3.05) is 22.9 Å². The number of hydrogen-bond acceptors (Lipinski definition) is 18. The largest absolute Gasteiger partial charge is 2.00 e. The molecular weight excluding hydrogens is 933 g/mol. The second kappa shape index (κ2) is 25.5. The SMILES string of the molecule is C#CCC(Cc1cnc2nc(N)nc(N)c2n1)c1ccc(C(=O)NC(CCC(=O)O)C(=O)O)cc1.C#CCC(Cc1cnc2nc(N)nc(N)c2n1)c1ccc(C(=O)NC(CCC(=O)O)C(=O)O)cc1.[Mg+2]. The summed E-state index contributed by atoms with van der Waals surface area (Å²) >= 11 is 0. The van der Waals surface area contributed by atoms with Gasteiger partial charge in [-0.15, -0.1) is 24.7 Å². The summed E-state index contributed by atoms with van der Waals surface area (Å²) in [5, 5.41) is 40.7. The van der Waals surface area contributed by atoms with Crippen molar-refractivity contribution in [3.8, 4) is 24.7 Å². The monoisotopic (exact) mass is 978 g/mol. The molecule has 0 fully saturated rings. The van der Waals surface area contributed by atoms with E-state index >= 15 is 0 Å². The molecule has 2 amide bonds. The van der Waals surface area contributed by atoms with Crippen LogP contribution in [0.3, 0.4) is 0 Å². The van der Waals surface area contributed by atoms with Crippen LogP contribution in [-0.4, -0.2) is 131 Å². The molecule has 4 heterocycles. The molecular formula is C46H46MgN14O10+2. The summed E-state index contributed by atoms with van der Waals surface area (Å²) < 4.78 is 0. The van der Waals surface area contributed by atoms with Gasteiger partial charge < -0.3 is 54.0 Å². The smallest absolute Gasteiger partial charge is 0.481 e. The predicted molar refractivity (Wildman–Crippen MR) is 258 cm³/mol. The van der Waals surface area contributed by atoms with Gasteiger partial charge in [-0.25, -0.2) is 29.5 Å². The minimum absolute atomic E-state index is 0. The van der Waals surface area contributed by atoms with Crippen molar-refractivity contribution in [3.63, 3.8) is 0 Å². The maximum absolute atomic E-state index is 12.5. The Morgan fingerprint density at radius 2 is 0.901 bits per heavy atom. The Kier molecular flexibility index (Phi) is 19.7. The molecule has 0 spiro atoms. The van der Waals surface area contributed by atoms with Gasteiger partial charge in [0.1, 0.15) is 12.1 Å². The number of carbonyl (C=O) groups is 6. The van der Waals surface area contributed by atoms with Crippen molar-refractivity contribution in [2.45, 2.75) is 75.3 Å². The standard InChI is InChI=1S/2C23H23N7O5.Mg/c2*1-2-3-14(10-15-11-26-20-18(27-15)19(24)29-23(25)30-20)12-4-6-13(7-5-12)21(33)28-16(22(34)35)8-9-17(31)32;/h2*1,4-7,11,14,16H,3,8-10H2,(H,28,33)(H,31,32)(H,34,35)(H4,24,25,26,29,30);/q;;+2. The number of nitrogens with zero attached hydrogens (tertiary/aromatic N) is 8. The number of amides is 2. The maximum Gasteiger partial charge on any atom is 2.00 e. The average Bonchev–Trinajstić information content (AvgIpc) is 3.31. The van der Waals surface area contributed by atoms with Gasteiger partial charge in [-0.2, -0.15) is 19.9 Å². The van der Waals surface area contributed by atoms with Crippen molar-refractivity contribution in [3.05, 3.63) is 94.6 Å². The topological polar surface area (TPSA) is 415 Å². The van der Waals surface area contributed by atoms with Crippen LogP contribution in [0.1, 0.15) is 93.6 Å². The van der Waals surface area contributed by atoms with Crippen molar-refractivity contribution in [1.82, 2.24) is 50.5 Å². The zero-order valence-electron chi connectivity index (χ0n) is 37.7. The van der Waals surface area contributed by atoms with E-state index in [0.29, 0.717) is 48.1 Å². The third-order valence-corrected chi connectivity index (χ3v) is 10.4. The number of nitrogen functional groups attached to an aromatic ring is 4. The summed E-state index contributed by atoms with van der Waals surface area (Å²) in [6.45, 7) is 0. The summed E-state index contributed by atoms with van der Waals surface area (Å²) in [6.07, 6.45) is 14.6. The van der Waals surface area contributed by atoms with Crippen LogP contribution in [0.2, 0.25) is 0 Å². The van der Waals surface area contributed by atoms with E-state index in [2.05, 4.69) is 62.3 Å². The van der Waals surface area contributed by atoms with Gasteiger partial charge in [0, 0.05) is 48.6 Å². The molecule has 4 unspecified atom stereocenters. The molecule has 2 aromatic carbocycles. The van der Waals surface area contributed by atoms with Crippen molar-refractivity contribution < 1.29 is 49.2 Å². The number of anilines is 4. The number of nitrogens with two attached hydrogens (primary N) is 4. The van der Waals surface area contributed by atoms with E-state index in [0.717, 1.165) is 11.1 Å². The Morgan fingerprint density at radius 1 is 0.549 bits per heavy atom. The Hall–Kier alpha value is -8.81. The van der Waals surface area contributed by atoms with E-state index in [9.17, 15) is 39.0 Å². The Labute approximate surface area is 420 Å². The molecule has 0 radical (unpaired) electrons. The zero-order chi connectivity index (χ0) is 51.1. The van der Waals surface area contributed by atoms with Gasteiger partial charge in [0.15, 0.2) is 34.0 Å². The summed E-state index contributed by atoms with van der Waals surface area (Å²) in [5.74, 6) is -0.957. The Morgan fingerprint density at radius 3 is 1.21 bits per heavy atom. The van der Waals surface area contributed by atoms with Crippen molar-refractivity contribution >= 4 is 105 Å². The van der Waals surface area contributed by atoms with Gasteiger partial charge in [-0.05, 0) is 61.1 Å². The maximum atomic E-state index is 12.5. The first-order valence-corrected chi connectivity index (χ1v) is 21.0. The second-order valence-corrected chi connectivity index (χ2v) is 15.5. The third kappa shape index (κ3) is 15.6. The van der Waals surface area contributed by atoms with Gasteiger partial charge in [0.25, 0.3) is 11.8 Å². The fourth-order valence-electron chi connectivity index (χ4n) is 6.91. The number of benzene rings is 2. The number of carboxylic acid groups (broad SMARTS) is 4. The van der Waals surface area contributed by atoms with Gasteiger partial charge in [-0.1, -0.05) is 24.3 Å². The summed E-state index contributed by atoms with van der Waals surface area (Å²) in [5.41, 5.74) is 27.5. The van der Waals surface area contributed by atoms with E-state index in [1.165, 1.54) is 0 Å². The van der Waals surface area contributed by atoms with E-state index in [1.807, 2.05) is 0 Å². The van der Waals surface area contributed by atoms with Crippen LogP contribution in [0.4, 0.5) is 23.5 Å². The first-order valence-electron chi connectivity index (χ1n) is 21.0. The van der Waals surface area contributed by atoms with Gasteiger partial charge in [-0.3, -0.25) is 19.2 Å². The summed E-state index contributed by atoms with van der Waals surface area (Å²) in [4.78, 5) is 102. The van der Waals surface area contributed by atoms with E-state index in [4.69, 9.17) is 46.0 Å². The van der Waals surface area contributed by atoms with Crippen LogP contribution in [0.15, 0.2) is 60.9 Å². The van der Waals surface area contributed by atoms with Crippen LogP contribution in [0, 0.1) is 24.7 Å². The van der Waals surface area contributed by atoms with E-state index in [1.54, 1.807) is 60.9 Å². The molecule has 6 rings (SSSR count). The average molecular weight is 979 g/mol.